The van der Waals surface area contributed by atoms with Crippen LogP contribution in [0.15, 0.2) is 0 Å². The molecule has 0 fully saturated rings. The Balaban J connectivity index is 3.37. The Morgan fingerprint density at radius 3 is 1.86 bits per heavy atom. The van der Waals surface area contributed by atoms with Gasteiger partial charge in [-0.1, -0.05) is 64.7 Å². The fourth-order valence-electron chi connectivity index (χ4n) is 2.23. The minimum absolute atomic E-state index is 0.575. The Morgan fingerprint density at radius 2 is 1.43 bits per heavy atom. The first-order chi connectivity index (χ1) is 9.99. The molecule has 0 aliphatic rings. The molecule has 1 atom stereocenters. The lowest BCUT2D eigenvalue weighted by molar-refractivity contribution is 0.467. The zero-order valence-electron chi connectivity index (χ0n) is 13.1. The third kappa shape index (κ3) is 15.7. The highest BCUT2D eigenvalue weighted by molar-refractivity contribution is 7.85. The average molecular weight is 320 g/mol. The first-order valence-corrected chi connectivity index (χ1v) is 9.66. The minimum Gasteiger partial charge on any atom is -0.306 e. The van der Waals surface area contributed by atoms with Crippen LogP contribution in [0.25, 0.3) is 0 Å². The van der Waals surface area contributed by atoms with Gasteiger partial charge in [-0.15, -0.1) is 0 Å². The quantitative estimate of drug-likeness (QED) is 0.358. The predicted octanol–water partition coefficient (Wildman–Crippen LogP) is 2.86. The number of unbranched alkanes of at least 4 members (excludes halogenated alkanes) is 9. The van der Waals surface area contributed by atoms with Crippen molar-refractivity contribution in [2.45, 2.75) is 77.2 Å². The van der Waals surface area contributed by atoms with Gasteiger partial charge in [0.15, 0.2) is 0 Å². The molecule has 1 radical (unpaired) electrons. The second-order valence-corrected chi connectivity index (χ2v) is 7.05. The molecule has 0 amide bonds. The molecule has 0 aromatic heterocycles. The van der Waals surface area contributed by atoms with Crippen molar-refractivity contribution in [2.75, 3.05) is 12.3 Å². The van der Waals surface area contributed by atoms with Crippen LogP contribution in [0.4, 0.5) is 0 Å². The zero-order chi connectivity index (χ0) is 16.0. The van der Waals surface area contributed by atoms with Crippen molar-refractivity contribution >= 4 is 16.4 Å². The van der Waals surface area contributed by atoms with Gasteiger partial charge >= 0.3 is 0 Å². The first kappa shape index (κ1) is 20.5. The Bertz CT molecular complexity index is 344. The van der Waals surface area contributed by atoms with Crippen LogP contribution < -0.4 is 5.32 Å². The van der Waals surface area contributed by atoms with Gasteiger partial charge in [-0.05, 0) is 13.0 Å². The molecule has 0 unspecified atom stereocenters. The van der Waals surface area contributed by atoms with Gasteiger partial charge in [-0.25, -0.2) is 0 Å². The maximum atomic E-state index is 10.6. The van der Waals surface area contributed by atoms with E-state index < -0.39 is 21.9 Å². The Morgan fingerprint density at radius 1 is 0.952 bits per heavy atom. The van der Waals surface area contributed by atoms with Gasteiger partial charge in [-0.2, -0.15) is 8.42 Å². The summed E-state index contributed by atoms with van der Waals surface area (Å²) in [6.45, 7) is 2.79. The number of hydrogen-bond donors (Lipinski definition) is 2. The fraction of sp³-hybridized carbons (Fsp3) is 0.933. The lowest BCUT2D eigenvalue weighted by atomic mass is 10.1. The Hall–Kier alpha value is -0.460. The standard InChI is InChI=1S/C15H30NO4S/c1-2-3-4-5-6-7-8-9-10-11-12-16-15(13-17)14-21(18,19)20/h15-16H,2-12,14H2,1H3,(H,18,19,20)/t15-/m1/s1. The molecule has 0 aromatic rings. The van der Waals surface area contributed by atoms with Crippen LogP contribution in [0.2, 0.25) is 0 Å². The fourth-order valence-corrected chi connectivity index (χ4v) is 2.84. The van der Waals surface area contributed by atoms with E-state index in [1.807, 2.05) is 0 Å². The SMILES string of the molecule is CCCCCCCCCCCCN[C@H]([C]=O)CS(=O)(=O)O. The van der Waals surface area contributed by atoms with Crippen LogP contribution in [-0.4, -0.2) is 37.6 Å². The predicted molar refractivity (Wildman–Crippen MR) is 85.7 cm³/mol. The Labute approximate surface area is 129 Å². The van der Waals surface area contributed by atoms with E-state index in [2.05, 4.69) is 12.2 Å². The van der Waals surface area contributed by atoms with Crippen molar-refractivity contribution < 1.29 is 17.8 Å². The van der Waals surface area contributed by atoms with Crippen LogP contribution in [0.5, 0.6) is 0 Å². The second-order valence-electron chi connectivity index (χ2n) is 5.56. The van der Waals surface area contributed by atoms with Crippen molar-refractivity contribution in [2.24, 2.45) is 0 Å². The summed E-state index contributed by atoms with van der Waals surface area (Å²) < 4.78 is 29.9. The minimum atomic E-state index is -4.12. The molecule has 0 rings (SSSR count). The van der Waals surface area contributed by atoms with Crippen molar-refractivity contribution in [3.63, 3.8) is 0 Å². The van der Waals surface area contributed by atoms with E-state index in [4.69, 9.17) is 4.55 Å². The third-order valence-electron chi connectivity index (χ3n) is 3.44. The van der Waals surface area contributed by atoms with Gasteiger partial charge in [0.05, 0.1) is 11.8 Å². The molecular weight excluding hydrogens is 290 g/mol. The first-order valence-electron chi connectivity index (χ1n) is 8.05. The largest absolute Gasteiger partial charge is 0.306 e. The van der Waals surface area contributed by atoms with Crippen LogP contribution in [0.1, 0.15) is 71.1 Å². The molecular formula is C15H30NO4S. The highest BCUT2D eigenvalue weighted by atomic mass is 32.2. The summed E-state index contributed by atoms with van der Waals surface area (Å²) in [7, 11) is -4.12. The van der Waals surface area contributed by atoms with E-state index in [1.165, 1.54) is 51.4 Å². The topological polar surface area (TPSA) is 83.5 Å². The molecule has 125 valence electrons. The molecule has 0 saturated carbocycles. The molecule has 21 heavy (non-hydrogen) atoms. The lowest BCUT2D eigenvalue weighted by Gasteiger charge is -2.09. The average Bonchev–Trinajstić information content (AvgIpc) is 2.42. The number of hydrogen-bond acceptors (Lipinski definition) is 4. The lowest BCUT2D eigenvalue weighted by Crippen LogP contribution is -2.37. The van der Waals surface area contributed by atoms with Gasteiger partial charge < -0.3 is 5.32 Å². The van der Waals surface area contributed by atoms with Gasteiger partial charge in [0.25, 0.3) is 10.1 Å². The molecule has 0 heterocycles. The van der Waals surface area contributed by atoms with E-state index in [0.29, 0.717) is 6.54 Å². The van der Waals surface area contributed by atoms with Crippen LogP contribution in [0, 0.1) is 0 Å². The summed E-state index contributed by atoms with van der Waals surface area (Å²) in [6.07, 6.45) is 13.9. The number of carbonyl (C=O) groups excluding carboxylic acids is 1. The van der Waals surface area contributed by atoms with Crippen LogP contribution in [0.3, 0.4) is 0 Å². The molecule has 0 aromatic carbocycles. The summed E-state index contributed by atoms with van der Waals surface area (Å²) in [4.78, 5) is 10.5. The van der Waals surface area contributed by atoms with E-state index in [-0.39, 0.29) is 0 Å². The van der Waals surface area contributed by atoms with Gasteiger partial charge in [-0.3, -0.25) is 9.35 Å². The highest BCUT2D eigenvalue weighted by Gasteiger charge is 2.15. The molecule has 2 N–H and O–H groups in total. The molecule has 0 aliphatic heterocycles. The van der Waals surface area contributed by atoms with Crippen molar-refractivity contribution in [1.82, 2.24) is 5.32 Å². The van der Waals surface area contributed by atoms with E-state index in [0.717, 1.165) is 12.8 Å². The summed E-state index contributed by atoms with van der Waals surface area (Å²) in [5.74, 6) is -0.603. The number of rotatable bonds is 15. The van der Waals surface area contributed by atoms with E-state index in [9.17, 15) is 13.2 Å². The smallest absolute Gasteiger partial charge is 0.266 e. The van der Waals surface area contributed by atoms with E-state index >= 15 is 0 Å². The van der Waals surface area contributed by atoms with E-state index in [1.54, 1.807) is 6.29 Å². The maximum absolute atomic E-state index is 10.6. The molecule has 0 aliphatic carbocycles. The van der Waals surface area contributed by atoms with Crippen LogP contribution >= 0.6 is 0 Å². The summed E-state index contributed by atoms with van der Waals surface area (Å²) in [5.41, 5.74) is 0. The summed E-state index contributed by atoms with van der Waals surface area (Å²) in [5, 5.41) is 2.79. The van der Waals surface area contributed by atoms with Crippen molar-refractivity contribution in [1.29, 1.82) is 0 Å². The Kier molecular flexibility index (Phi) is 12.9. The highest BCUT2D eigenvalue weighted by Crippen LogP contribution is 2.10. The maximum Gasteiger partial charge on any atom is 0.266 e. The number of nitrogens with one attached hydrogen (secondary N) is 1. The molecule has 6 heteroatoms. The molecule has 0 saturated heterocycles. The second kappa shape index (κ2) is 13.2. The monoisotopic (exact) mass is 320 g/mol. The molecule has 0 spiro atoms. The van der Waals surface area contributed by atoms with Gasteiger partial charge in [0.2, 0.25) is 6.29 Å². The molecule has 0 bridgehead atoms. The van der Waals surface area contributed by atoms with Crippen LogP contribution in [-0.2, 0) is 14.9 Å². The summed E-state index contributed by atoms with van der Waals surface area (Å²) >= 11 is 0. The van der Waals surface area contributed by atoms with Crippen molar-refractivity contribution in [3.05, 3.63) is 0 Å². The third-order valence-corrected chi connectivity index (χ3v) is 4.20. The summed E-state index contributed by atoms with van der Waals surface area (Å²) in [6, 6.07) is -0.932. The molecule has 5 nitrogen and oxygen atoms in total. The zero-order valence-corrected chi connectivity index (χ0v) is 14.0. The van der Waals surface area contributed by atoms with Crippen molar-refractivity contribution in [3.8, 4) is 0 Å². The van der Waals surface area contributed by atoms with Gasteiger partial charge in [0, 0.05) is 0 Å². The normalized spacial score (nSPS) is 13.2. The van der Waals surface area contributed by atoms with Gasteiger partial charge in [0.1, 0.15) is 0 Å².